The number of piperidine rings is 1. The number of amides is 1. The van der Waals surface area contributed by atoms with Gasteiger partial charge in [0.15, 0.2) is 0 Å². The van der Waals surface area contributed by atoms with Gasteiger partial charge in [-0.15, -0.1) is 0 Å². The van der Waals surface area contributed by atoms with E-state index in [0.717, 1.165) is 38.5 Å². The van der Waals surface area contributed by atoms with Crippen LogP contribution in [0.4, 0.5) is 0 Å². The first kappa shape index (κ1) is 13.2. The first-order chi connectivity index (χ1) is 7.70. The first-order valence-electron chi connectivity index (χ1n) is 6.19. The van der Waals surface area contributed by atoms with Crippen molar-refractivity contribution in [3.8, 4) is 0 Å². The van der Waals surface area contributed by atoms with Gasteiger partial charge in [-0.05, 0) is 32.7 Å². The molecule has 0 aromatic carbocycles. The van der Waals surface area contributed by atoms with Crippen molar-refractivity contribution >= 4 is 12.2 Å². The summed E-state index contributed by atoms with van der Waals surface area (Å²) in [5.74, 6) is 0.0376. The molecule has 4 heteroatoms. The van der Waals surface area contributed by atoms with Gasteiger partial charge in [0.05, 0.1) is 12.1 Å². The van der Waals surface area contributed by atoms with Crippen LogP contribution in [0.3, 0.4) is 0 Å². The van der Waals surface area contributed by atoms with E-state index in [1.807, 2.05) is 18.7 Å². The van der Waals surface area contributed by atoms with E-state index >= 15 is 0 Å². The highest BCUT2D eigenvalue weighted by molar-refractivity contribution is 5.81. The van der Waals surface area contributed by atoms with E-state index < -0.39 is 0 Å². The zero-order valence-corrected chi connectivity index (χ0v) is 10.2. The topological polar surface area (TPSA) is 49.4 Å². The van der Waals surface area contributed by atoms with E-state index in [2.05, 4.69) is 5.32 Å². The van der Waals surface area contributed by atoms with Crippen molar-refractivity contribution in [3.05, 3.63) is 0 Å². The number of hydrogen-bond acceptors (Lipinski definition) is 3. The molecule has 1 saturated heterocycles. The van der Waals surface area contributed by atoms with Crippen LogP contribution < -0.4 is 5.32 Å². The monoisotopic (exact) mass is 226 g/mol. The molecule has 0 aromatic rings. The molecule has 0 spiro atoms. The Kier molecular flexibility index (Phi) is 5.46. The average Bonchev–Trinajstić information content (AvgIpc) is 2.34. The summed E-state index contributed by atoms with van der Waals surface area (Å²) < 4.78 is 0. The smallest absolute Gasteiger partial charge is 0.237 e. The van der Waals surface area contributed by atoms with Gasteiger partial charge in [0.25, 0.3) is 0 Å². The van der Waals surface area contributed by atoms with Gasteiger partial charge in [0, 0.05) is 6.54 Å². The number of aldehydes is 1. The summed E-state index contributed by atoms with van der Waals surface area (Å²) in [6.45, 7) is 5.47. The molecule has 1 N–H and O–H groups in total. The van der Waals surface area contributed by atoms with E-state index in [-0.39, 0.29) is 18.0 Å². The highest BCUT2D eigenvalue weighted by atomic mass is 16.2. The third kappa shape index (κ3) is 3.30. The van der Waals surface area contributed by atoms with Gasteiger partial charge in [-0.25, -0.2) is 0 Å². The van der Waals surface area contributed by atoms with Crippen LogP contribution in [0.1, 0.15) is 39.5 Å². The molecule has 16 heavy (non-hydrogen) atoms. The Hall–Kier alpha value is -0.900. The second-order valence-corrected chi connectivity index (χ2v) is 4.40. The molecule has 1 rings (SSSR count). The summed E-state index contributed by atoms with van der Waals surface area (Å²) in [4.78, 5) is 24.7. The molecule has 0 aliphatic carbocycles. The second-order valence-electron chi connectivity index (χ2n) is 4.40. The molecule has 1 aliphatic rings. The lowest BCUT2D eigenvalue weighted by Crippen LogP contribution is -2.52. The van der Waals surface area contributed by atoms with E-state index in [9.17, 15) is 9.59 Å². The zero-order chi connectivity index (χ0) is 12.0. The Balaban J connectivity index is 2.52. The number of hydrogen-bond donors (Lipinski definition) is 1. The number of nitrogens with one attached hydrogen (secondary N) is 1. The van der Waals surface area contributed by atoms with Crippen LogP contribution >= 0.6 is 0 Å². The maximum absolute atomic E-state index is 11.8. The Morgan fingerprint density at radius 1 is 1.56 bits per heavy atom. The van der Waals surface area contributed by atoms with Crippen molar-refractivity contribution in [2.45, 2.75) is 51.6 Å². The third-order valence-corrected chi connectivity index (χ3v) is 3.18. The maximum atomic E-state index is 11.8. The molecule has 2 atom stereocenters. The molecule has 92 valence electrons. The van der Waals surface area contributed by atoms with Crippen LogP contribution in [0.5, 0.6) is 0 Å². The van der Waals surface area contributed by atoms with Crippen molar-refractivity contribution in [3.63, 3.8) is 0 Å². The highest BCUT2D eigenvalue weighted by Gasteiger charge is 2.29. The molecule has 1 heterocycles. The minimum atomic E-state index is -0.193. The van der Waals surface area contributed by atoms with Crippen LogP contribution in [0, 0.1) is 0 Å². The van der Waals surface area contributed by atoms with Gasteiger partial charge in [0.1, 0.15) is 6.29 Å². The molecule has 0 saturated carbocycles. The minimum Gasteiger partial charge on any atom is -0.355 e. The number of rotatable bonds is 5. The normalized spacial score (nSPS) is 23.8. The maximum Gasteiger partial charge on any atom is 0.237 e. The van der Waals surface area contributed by atoms with Crippen LogP contribution in [-0.4, -0.2) is 42.3 Å². The Bertz CT molecular complexity index is 243. The van der Waals surface area contributed by atoms with Gasteiger partial charge >= 0.3 is 0 Å². The Morgan fingerprint density at radius 2 is 2.31 bits per heavy atom. The lowest BCUT2D eigenvalue weighted by molar-refractivity contribution is -0.128. The molecule has 0 bridgehead atoms. The molecule has 1 aliphatic heterocycles. The van der Waals surface area contributed by atoms with Crippen LogP contribution in [0.25, 0.3) is 0 Å². The molecule has 2 unspecified atom stereocenters. The van der Waals surface area contributed by atoms with Gasteiger partial charge in [0.2, 0.25) is 5.91 Å². The van der Waals surface area contributed by atoms with Gasteiger partial charge in [-0.1, -0.05) is 13.3 Å². The van der Waals surface area contributed by atoms with Gasteiger partial charge in [-0.3, -0.25) is 9.69 Å². The van der Waals surface area contributed by atoms with Crippen LogP contribution in [-0.2, 0) is 9.59 Å². The van der Waals surface area contributed by atoms with Gasteiger partial charge < -0.3 is 10.1 Å². The van der Waals surface area contributed by atoms with Crippen LogP contribution in [0.2, 0.25) is 0 Å². The van der Waals surface area contributed by atoms with Crippen LogP contribution in [0.15, 0.2) is 0 Å². The van der Waals surface area contributed by atoms with Crippen molar-refractivity contribution in [2.24, 2.45) is 0 Å². The fraction of sp³-hybridized carbons (Fsp3) is 0.833. The predicted octanol–water partition coefficient (Wildman–Crippen LogP) is 0.954. The summed E-state index contributed by atoms with van der Waals surface area (Å²) in [5, 5.41) is 2.88. The lowest BCUT2D eigenvalue weighted by atomic mass is 10.0. The summed E-state index contributed by atoms with van der Waals surface area (Å²) in [6.07, 6.45) is 4.96. The zero-order valence-electron chi connectivity index (χ0n) is 10.2. The molecule has 1 amide bonds. The van der Waals surface area contributed by atoms with E-state index in [1.165, 1.54) is 0 Å². The first-order valence-corrected chi connectivity index (χ1v) is 6.19. The molecule has 0 aromatic heterocycles. The van der Waals surface area contributed by atoms with Crippen molar-refractivity contribution in [1.29, 1.82) is 0 Å². The standard InChI is InChI=1S/C12H22N2O2/c1-3-7-13-12(16)10(2)14-8-5-4-6-11(14)9-15/h9-11H,3-8H2,1-2H3,(H,13,16). The van der Waals surface area contributed by atoms with E-state index in [4.69, 9.17) is 0 Å². The summed E-state index contributed by atoms with van der Waals surface area (Å²) >= 11 is 0. The summed E-state index contributed by atoms with van der Waals surface area (Å²) in [6, 6.07) is -0.266. The molecule has 1 fully saturated rings. The molecular weight excluding hydrogens is 204 g/mol. The van der Waals surface area contributed by atoms with Crippen molar-refractivity contribution in [1.82, 2.24) is 10.2 Å². The molecular formula is C12H22N2O2. The summed E-state index contributed by atoms with van der Waals surface area (Å²) in [7, 11) is 0. The second kappa shape index (κ2) is 6.63. The number of likely N-dealkylation sites (tertiary alicyclic amines) is 1. The van der Waals surface area contributed by atoms with Crippen molar-refractivity contribution in [2.75, 3.05) is 13.1 Å². The number of carbonyl (C=O) groups excluding carboxylic acids is 2. The van der Waals surface area contributed by atoms with E-state index in [1.54, 1.807) is 0 Å². The molecule has 4 nitrogen and oxygen atoms in total. The van der Waals surface area contributed by atoms with Gasteiger partial charge in [-0.2, -0.15) is 0 Å². The SMILES string of the molecule is CCCNC(=O)C(C)N1CCCCC1C=O. The summed E-state index contributed by atoms with van der Waals surface area (Å²) in [5.41, 5.74) is 0. The van der Waals surface area contributed by atoms with E-state index in [0.29, 0.717) is 6.54 Å². The lowest BCUT2D eigenvalue weighted by Gasteiger charge is -2.36. The Morgan fingerprint density at radius 3 is 2.94 bits per heavy atom. The highest BCUT2D eigenvalue weighted by Crippen LogP contribution is 2.18. The van der Waals surface area contributed by atoms with Crippen molar-refractivity contribution < 1.29 is 9.59 Å². The average molecular weight is 226 g/mol. The number of carbonyl (C=O) groups is 2. The molecule has 0 radical (unpaired) electrons. The predicted molar refractivity (Wildman–Crippen MR) is 63.2 cm³/mol. The quantitative estimate of drug-likeness (QED) is 0.710. The fourth-order valence-electron chi connectivity index (χ4n) is 2.15. The fourth-order valence-corrected chi connectivity index (χ4v) is 2.15. The Labute approximate surface area is 97.4 Å². The minimum absolute atomic E-state index is 0.0376. The largest absolute Gasteiger partial charge is 0.355 e. The third-order valence-electron chi connectivity index (χ3n) is 3.18. The number of nitrogens with zero attached hydrogens (tertiary/aromatic N) is 1.